The van der Waals surface area contributed by atoms with E-state index < -0.39 is 6.10 Å². The molecule has 5 nitrogen and oxygen atoms in total. The highest BCUT2D eigenvalue weighted by molar-refractivity contribution is 6.09. The maximum absolute atomic E-state index is 12.8. The molecule has 0 aliphatic heterocycles. The van der Waals surface area contributed by atoms with Crippen LogP contribution in [0.15, 0.2) is 48.7 Å². The molecular weight excluding hydrogens is 362 g/mol. The molecule has 29 heavy (non-hydrogen) atoms. The molecular formula is C24H29N3O2. The van der Waals surface area contributed by atoms with Gasteiger partial charge in [0.05, 0.1) is 22.9 Å². The summed E-state index contributed by atoms with van der Waals surface area (Å²) in [7, 11) is 3.86. The molecule has 152 valence electrons. The second kappa shape index (κ2) is 9.16. The Labute approximate surface area is 172 Å². The minimum atomic E-state index is -0.615. The number of para-hydroxylation sites is 1. The van der Waals surface area contributed by atoms with Gasteiger partial charge in [0.15, 0.2) is 5.78 Å². The van der Waals surface area contributed by atoms with Gasteiger partial charge in [-0.25, -0.2) is 0 Å². The van der Waals surface area contributed by atoms with Gasteiger partial charge in [0.2, 0.25) is 0 Å². The Balaban J connectivity index is 2.16. The Morgan fingerprint density at radius 1 is 1.21 bits per heavy atom. The summed E-state index contributed by atoms with van der Waals surface area (Å²) in [5.74, 6) is 0.0669. The van der Waals surface area contributed by atoms with Crippen LogP contribution in [0.5, 0.6) is 0 Å². The first-order chi connectivity index (χ1) is 13.9. The van der Waals surface area contributed by atoms with Gasteiger partial charge in [-0.05, 0) is 56.8 Å². The average molecular weight is 392 g/mol. The van der Waals surface area contributed by atoms with E-state index in [-0.39, 0.29) is 5.78 Å². The van der Waals surface area contributed by atoms with E-state index in [4.69, 9.17) is 0 Å². The molecule has 0 aliphatic carbocycles. The summed E-state index contributed by atoms with van der Waals surface area (Å²) in [5.41, 5.74) is 4.97. The Kier molecular flexibility index (Phi) is 6.62. The molecule has 3 rings (SSSR count). The number of carbonyl (C=O) groups excluding carboxylic acids is 1. The number of aliphatic hydroxyl groups excluding tert-OH is 1. The zero-order valence-electron chi connectivity index (χ0n) is 17.6. The predicted molar refractivity (Wildman–Crippen MR) is 119 cm³/mol. The van der Waals surface area contributed by atoms with Crippen LogP contribution in [-0.2, 0) is 0 Å². The lowest BCUT2D eigenvalue weighted by Gasteiger charge is -2.19. The van der Waals surface area contributed by atoms with Crippen molar-refractivity contribution in [3.63, 3.8) is 0 Å². The summed E-state index contributed by atoms with van der Waals surface area (Å²) >= 11 is 0. The van der Waals surface area contributed by atoms with Crippen molar-refractivity contribution in [2.24, 2.45) is 0 Å². The first-order valence-corrected chi connectivity index (χ1v) is 10.0. The number of carbonyl (C=O) groups is 1. The molecule has 0 aliphatic rings. The van der Waals surface area contributed by atoms with Crippen molar-refractivity contribution >= 4 is 28.1 Å². The molecule has 1 atom stereocenters. The molecule has 0 fully saturated rings. The second-order valence-corrected chi connectivity index (χ2v) is 7.71. The number of rotatable bonds is 8. The number of hydrogen-bond donors (Lipinski definition) is 2. The van der Waals surface area contributed by atoms with E-state index in [0.29, 0.717) is 18.5 Å². The summed E-state index contributed by atoms with van der Waals surface area (Å²) in [6.45, 7) is 4.55. The molecule has 0 bridgehead atoms. The third kappa shape index (κ3) is 4.81. The van der Waals surface area contributed by atoms with Crippen LogP contribution in [0.25, 0.3) is 10.9 Å². The number of aliphatic hydroxyl groups is 1. The van der Waals surface area contributed by atoms with E-state index in [1.165, 1.54) is 0 Å². The lowest BCUT2D eigenvalue weighted by atomic mass is 9.99. The summed E-state index contributed by atoms with van der Waals surface area (Å²) in [6.07, 6.45) is 2.30. The van der Waals surface area contributed by atoms with Gasteiger partial charge in [-0.3, -0.25) is 9.78 Å². The van der Waals surface area contributed by atoms with E-state index in [9.17, 15) is 9.90 Å². The normalized spacial score (nSPS) is 12.3. The van der Waals surface area contributed by atoms with Crippen molar-refractivity contribution < 1.29 is 9.90 Å². The fourth-order valence-corrected chi connectivity index (χ4v) is 3.42. The number of likely N-dealkylation sites (N-methyl/N-ethyl adjacent to an activating group) is 1. The molecule has 3 aromatic rings. The second-order valence-electron chi connectivity index (χ2n) is 7.71. The molecule has 0 saturated heterocycles. The van der Waals surface area contributed by atoms with Crippen LogP contribution in [-0.4, -0.2) is 41.4 Å². The van der Waals surface area contributed by atoms with Gasteiger partial charge < -0.3 is 15.3 Å². The first-order valence-electron chi connectivity index (χ1n) is 10.0. The van der Waals surface area contributed by atoms with Gasteiger partial charge in [-0.15, -0.1) is 0 Å². The van der Waals surface area contributed by atoms with Crippen molar-refractivity contribution in [3.8, 4) is 0 Å². The lowest BCUT2D eigenvalue weighted by Crippen LogP contribution is -2.20. The number of aromatic nitrogens is 1. The number of nitrogens with one attached hydrogen (secondary N) is 1. The first kappa shape index (κ1) is 21.0. The van der Waals surface area contributed by atoms with Crippen LogP contribution in [0, 0.1) is 6.92 Å². The number of fused-ring (bicyclic) bond motifs is 1. The van der Waals surface area contributed by atoms with E-state index in [1.807, 2.05) is 75.3 Å². The molecule has 0 spiro atoms. The minimum Gasteiger partial charge on any atom is -0.387 e. The van der Waals surface area contributed by atoms with Gasteiger partial charge in [-0.2, -0.15) is 0 Å². The number of nitrogens with zero attached hydrogens (tertiary/aromatic N) is 2. The van der Waals surface area contributed by atoms with Crippen LogP contribution >= 0.6 is 0 Å². The highest BCUT2D eigenvalue weighted by Gasteiger charge is 2.18. The monoisotopic (exact) mass is 391 g/mol. The van der Waals surface area contributed by atoms with Crippen molar-refractivity contribution in [2.75, 3.05) is 26.0 Å². The molecule has 1 unspecified atom stereocenters. The number of benzene rings is 2. The van der Waals surface area contributed by atoms with Crippen LogP contribution in [0.3, 0.4) is 0 Å². The topological polar surface area (TPSA) is 65.5 Å². The number of pyridine rings is 1. The molecule has 2 N–H and O–H groups in total. The fraction of sp³-hybridized carbons (Fsp3) is 0.333. The number of hydrogen-bond acceptors (Lipinski definition) is 5. The minimum absolute atomic E-state index is 0.0669. The average Bonchev–Trinajstić information content (AvgIpc) is 2.69. The zero-order chi connectivity index (χ0) is 21.0. The quantitative estimate of drug-likeness (QED) is 0.537. The Morgan fingerprint density at radius 2 is 1.97 bits per heavy atom. The summed E-state index contributed by atoms with van der Waals surface area (Å²) in [4.78, 5) is 19.3. The summed E-state index contributed by atoms with van der Waals surface area (Å²) < 4.78 is 0. The maximum Gasteiger partial charge on any atom is 0.166 e. The highest BCUT2D eigenvalue weighted by atomic mass is 16.3. The molecule has 0 amide bonds. The highest BCUT2D eigenvalue weighted by Crippen LogP contribution is 2.33. The van der Waals surface area contributed by atoms with E-state index >= 15 is 0 Å². The smallest absolute Gasteiger partial charge is 0.166 e. The van der Waals surface area contributed by atoms with E-state index in [2.05, 4.69) is 10.3 Å². The zero-order valence-corrected chi connectivity index (χ0v) is 17.6. The predicted octanol–water partition coefficient (Wildman–Crippen LogP) is 4.86. The molecule has 0 saturated carbocycles. The third-order valence-corrected chi connectivity index (χ3v) is 5.00. The lowest BCUT2D eigenvalue weighted by molar-refractivity contribution is 0.0982. The summed E-state index contributed by atoms with van der Waals surface area (Å²) in [5, 5.41) is 14.9. The molecule has 5 heteroatoms. The Morgan fingerprint density at radius 3 is 2.66 bits per heavy atom. The fourth-order valence-electron chi connectivity index (χ4n) is 3.42. The largest absolute Gasteiger partial charge is 0.387 e. The van der Waals surface area contributed by atoms with Crippen molar-refractivity contribution in [3.05, 3.63) is 65.4 Å². The van der Waals surface area contributed by atoms with Gasteiger partial charge in [0.25, 0.3) is 0 Å². The molecule has 2 aromatic carbocycles. The SMILES string of the molecule is CCCC(=O)c1cnc2ccc(C(O)CN(C)C)cc2c1Nc1ccccc1C. The molecule has 1 aromatic heterocycles. The number of aryl methyl sites for hydroxylation is 1. The van der Waals surface area contributed by atoms with E-state index in [1.54, 1.807) is 6.20 Å². The number of ketones is 1. The van der Waals surface area contributed by atoms with Gasteiger partial charge in [-0.1, -0.05) is 31.2 Å². The number of Topliss-reactive ketones (excluding diaryl/α,β-unsaturated/α-hetero) is 1. The van der Waals surface area contributed by atoms with Crippen molar-refractivity contribution in [2.45, 2.75) is 32.8 Å². The molecule has 1 heterocycles. The molecule has 0 radical (unpaired) electrons. The number of anilines is 2. The van der Waals surface area contributed by atoms with E-state index in [0.717, 1.165) is 39.8 Å². The maximum atomic E-state index is 12.8. The van der Waals surface area contributed by atoms with Crippen LogP contribution < -0.4 is 5.32 Å². The van der Waals surface area contributed by atoms with Crippen molar-refractivity contribution in [1.29, 1.82) is 0 Å². The standard InChI is InChI=1S/C24H29N3O2/c1-5-8-22(28)19-14-25-21-12-11-17(23(29)15-27(3)4)13-18(21)24(19)26-20-10-7-6-9-16(20)2/h6-7,9-14,23,29H,5,8,15H2,1-4H3,(H,25,26). The van der Waals surface area contributed by atoms with Gasteiger partial charge >= 0.3 is 0 Å². The Hall–Kier alpha value is -2.76. The van der Waals surface area contributed by atoms with Crippen LogP contribution in [0.4, 0.5) is 11.4 Å². The van der Waals surface area contributed by atoms with Crippen molar-refractivity contribution in [1.82, 2.24) is 9.88 Å². The summed E-state index contributed by atoms with van der Waals surface area (Å²) in [6, 6.07) is 13.7. The Bertz CT molecular complexity index is 1010. The van der Waals surface area contributed by atoms with Gasteiger partial charge in [0, 0.05) is 30.2 Å². The van der Waals surface area contributed by atoms with Crippen LogP contribution in [0.2, 0.25) is 0 Å². The third-order valence-electron chi connectivity index (χ3n) is 5.00. The van der Waals surface area contributed by atoms with Gasteiger partial charge in [0.1, 0.15) is 0 Å². The van der Waals surface area contributed by atoms with Crippen LogP contribution in [0.1, 0.15) is 47.4 Å².